The average Bonchev–Trinajstić information content (AvgIpc) is 2.92. The van der Waals surface area contributed by atoms with Crippen molar-refractivity contribution in [2.45, 2.75) is 50.6 Å². The first kappa shape index (κ1) is 12.9. The van der Waals surface area contributed by atoms with E-state index in [0.717, 1.165) is 25.2 Å². The molecule has 1 aliphatic heterocycles. The van der Waals surface area contributed by atoms with Crippen molar-refractivity contribution in [2.24, 2.45) is 0 Å². The van der Waals surface area contributed by atoms with Crippen LogP contribution in [0.3, 0.4) is 0 Å². The second kappa shape index (κ2) is 5.91. The minimum Gasteiger partial charge on any atom is -0.368 e. The normalized spacial score (nSPS) is 24.9. The molecule has 1 saturated carbocycles. The molecule has 1 aromatic rings. The van der Waals surface area contributed by atoms with Crippen LogP contribution < -0.4 is 10.2 Å². The maximum atomic E-state index is 13.8. The molecule has 0 aromatic heterocycles. The topological polar surface area (TPSA) is 15.3 Å². The molecule has 2 fully saturated rings. The van der Waals surface area contributed by atoms with Crippen LogP contribution in [0.2, 0.25) is 0 Å². The Morgan fingerprint density at radius 1 is 1.00 bits per heavy atom. The van der Waals surface area contributed by atoms with Gasteiger partial charge in [-0.3, -0.25) is 0 Å². The van der Waals surface area contributed by atoms with E-state index in [2.05, 4.69) is 10.2 Å². The molecule has 0 bridgehead atoms. The Labute approximate surface area is 115 Å². The number of anilines is 1. The maximum Gasteiger partial charge on any atom is 0.146 e. The lowest BCUT2D eigenvalue weighted by Gasteiger charge is -2.36. The number of para-hydroxylation sites is 1. The molecule has 1 aliphatic carbocycles. The number of nitrogens with one attached hydrogen (secondary N) is 1. The lowest BCUT2D eigenvalue weighted by molar-refractivity contribution is 0.373. The first-order valence-corrected chi connectivity index (χ1v) is 7.58. The van der Waals surface area contributed by atoms with Crippen molar-refractivity contribution >= 4 is 5.69 Å². The fourth-order valence-electron chi connectivity index (χ4n) is 3.47. The molecule has 1 unspecified atom stereocenters. The minimum atomic E-state index is -0.0935. The molecule has 3 heteroatoms. The first-order chi connectivity index (χ1) is 9.33. The predicted molar refractivity (Wildman–Crippen MR) is 77.0 cm³/mol. The highest BCUT2D eigenvalue weighted by molar-refractivity contribution is 5.48. The molecule has 1 aromatic carbocycles. The molecular formula is C16H23FN2. The number of benzene rings is 1. The van der Waals surface area contributed by atoms with Crippen LogP contribution in [0, 0.1) is 5.82 Å². The molecule has 0 radical (unpaired) electrons. The Kier molecular flexibility index (Phi) is 4.02. The lowest BCUT2D eigenvalue weighted by atomic mass is 10.0. The summed E-state index contributed by atoms with van der Waals surface area (Å²) in [6.07, 6.45) is 7.73. The van der Waals surface area contributed by atoms with E-state index >= 15 is 0 Å². The highest BCUT2D eigenvalue weighted by Gasteiger charge is 2.25. The smallest absolute Gasteiger partial charge is 0.146 e. The molecule has 3 rings (SSSR count). The van der Waals surface area contributed by atoms with Crippen LogP contribution in [0.25, 0.3) is 0 Å². The van der Waals surface area contributed by atoms with E-state index in [0.29, 0.717) is 12.1 Å². The van der Waals surface area contributed by atoms with Crippen LogP contribution in [-0.4, -0.2) is 25.2 Å². The van der Waals surface area contributed by atoms with E-state index < -0.39 is 0 Å². The van der Waals surface area contributed by atoms with Crippen LogP contribution in [0.4, 0.5) is 10.1 Å². The van der Waals surface area contributed by atoms with Crippen molar-refractivity contribution in [3.05, 3.63) is 30.1 Å². The standard InChI is InChI=1S/C16H23FN2/c17-15-9-3-4-10-16(15)19-11-5-8-14(12-19)18-13-6-1-2-7-13/h3-4,9-10,13-14,18H,1-2,5-8,11-12H2. The van der Waals surface area contributed by atoms with Gasteiger partial charge >= 0.3 is 0 Å². The third-order valence-corrected chi connectivity index (χ3v) is 4.44. The van der Waals surface area contributed by atoms with Crippen molar-refractivity contribution in [2.75, 3.05) is 18.0 Å². The Morgan fingerprint density at radius 2 is 1.74 bits per heavy atom. The van der Waals surface area contributed by atoms with Gasteiger partial charge in [-0.2, -0.15) is 0 Å². The summed E-state index contributed by atoms with van der Waals surface area (Å²) in [4.78, 5) is 2.20. The van der Waals surface area contributed by atoms with Gasteiger partial charge in [-0.25, -0.2) is 4.39 Å². The van der Waals surface area contributed by atoms with Gasteiger partial charge in [-0.1, -0.05) is 25.0 Å². The molecule has 2 nitrogen and oxygen atoms in total. The lowest BCUT2D eigenvalue weighted by Crippen LogP contribution is -2.48. The van der Waals surface area contributed by atoms with E-state index in [9.17, 15) is 4.39 Å². The number of nitrogens with zero attached hydrogens (tertiary/aromatic N) is 1. The van der Waals surface area contributed by atoms with Crippen molar-refractivity contribution in [3.63, 3.8) is 0 Å². The van der Waals surface area contributed by atoms with Crippen molar-refractivity contribution in [1.82, 2.24) is 5.32 Å². The van der Waals surface area contributed by atoms with Crippen molar-refractivity contribution in [1.29, 1.82) is 0 Å². The maximum absolute atomic E-state index is 13.8. The molecule has 0 spiro atoms. The largest absolute Gasteiger partial charge is 0.368 e. The van der Waals surface area contributed by atoms with E-state index in [4.69, 9.17) is 0 Å². The predicted octanol–water partition coefficient (Wildman–Crippen LogP) is 3.33. The Balaban J connectivity index is 1.62. The highest BCUT2D eigenvalue weighted by Crippen LogP contribution is 2.24. The van der Waals surface area contributed by atoms with Crippen LogP contribution in [-0.2, 0) is 0 Å². The zero-order valence-corrected chi connectivity index (χ0v) is 11.4. The van der Waals surface area contributed by atoms with Gasteiger partial charge in [0, 0.05) is 25.2 Å². The fourth-order valence-corrected chi connectivity index (χ4v) is 3.47. The summed E-state index contributed by atoms with van der Waals surface area (Å²) in [7, 11) is 0. The van der Waals surface area contributed by atoms with Crippen LogP contribution in [0.5, 0.6) is 0 Å². The number of halogens is 1. The third-order valence-electron chi connectivity index (χ3n) is 4.44. The molecule has 19 heavy (non-hydrogen) atoms. The van der Waals surface area contributed by atoms with E-state index in [1.165, 1.54) is 32.1 Å². The zero-order valence-electron chi connectivity index (χ0n) is 11.4. The van der Waals surface area contributed by atoms with Crippen molar-refractivity contribution in [3.8, 4) is 0 Å². The SMILES string of the molecule is Fc1ccccc1N1CCCC(NC2CCCC2)C1. The molecule has 1 N–H and O–H groups in total. The zero-order chi connectivity index (χ0) is 13.1. The summed E-state index contributed by atoms with van der Waals surface area (Å²) < 4.78 is 13.8. The van der Waals surface area contributed by atoms with Crippen molar-refractivity contribution < 1.29 is 4.39 Å². The summed E-state index contributed by atoms with van der Waals surface area (Å²) in [5, 5.41) is 3.77. The third kappa shape index (κ3) is 3.08. The minimum absolute atomic E-state index is 0.0935. The van der Waals surface area contributed by atoms with Gasteiger partial charge in [0.05, 0.1) is 5.69 Å². The van der Waals surface area contributed by atoms with Gasteiger partial charge in [0.1, 0.15) is 5.82 Å². The Bertz CT molecular complexity index is 415. The first-order valence-electron chi connectivity index (χ1n) is 7.58. The van der Waals surface area contributed by atoms with Crippen LogP contribution in [0.15, 0.2) is 24.3 Å². The summed E-state index contributed by atoms with van der Waals surface area (Å²) in [5.41, 5.74) is 0.764. The van der Waals surface area contributed by atoms with E-state index in [1.807, 2.05) is 12.1 Å². The van der Waals surface area contributed by atoms with E-state index in [1.54, 1.807) is 12.1 Å². The monoisotopic (exact) mass is 262 g/mol. The molecule has 0 amide bonds. The molecule has 104 valence electrons. The summed E-state index contributed by atoms with van der Waals surface area (Å²) in [6.45, 7) is 1.92. The van der Waals surface area contributed by atoms with E-state index in [-0.39, 0.29) is 5.82 Å². The van der Waals surface area contributed by atoms with Crippen LogP contribution in [0.1, 0.15) is 38.5 Å². The number of hydrogen-bond acceptors (Lipinski definition) is 2. The molecule has 1 saturated heterocycles. The van der Waals surface area contributed by atoms with Gasteiger partial charge in [0.25, 0.3) is 0 Å². The molecule has 1 heterocycles. The van der Waals surface area contributed by atoms with Crippen LogP contribution >= 0.6 is 0 Å². The summed E-state index contributed by atoms with van der Waals surface area (Å²) in [6, 6.07) is 8.36. The summed E-state index contributed by atoms with van der Waals surface area (Å²) >= 11 is 0. The van der Waals surface area contributed by atoms with Gasteiger partial charge < -0.3 is 10.2 Å². The summed E-state index contributed by atoms with van der Waals surface area (Å²) in [5.74, 6) is -0.0935. The molecule has 1 atom stereocenters. The van der Waals surface area contributed by atoms with Gasteiger partial charge in [0.15, 0.2) is 0 Å². The number of rotatable bonds is 3. The second-order valence-corrected chi connectivity index (χ2v) is 5.88. The quantitative estimate of drug-likeness (QED) is 0.899. The average molecular weight is 262 g/mol. The second-order valence-electron chi connectivity index (χ2n) is 5.88. The van der Waals surface area contributed by atoms with Gasteiger partial charge in [-0.05, 0) is 37.8 Å². The Morgan fingerprint density at radius 3 is 2.53 bits per heavy atom. The Hall–Kier alpha value is -1.09. The highest BCUT2D eigenvalue weighted by atomic mass is 19.1. The number of piperidine rings is 1. The molecule has 2 aliphatic rings. The fraction of sp³-hybridized carbons (Fsp3) is 0.625. The van der Waals surface area contributed by atoms with Gasteiger partial charge in [-0.15, -0.1) is 0 Å². The van der Waals surface area contributed by atoms with Gasteiger partial charge in [0.2, 0.25) is 0 Å². The number of hydrogen-bond donors (Lipinski definition) is 1. The molecular weight excluding hydrogens is 239 g/mol.